The van der Waals surface area contributed by atoms with Crippen LogP contribution in [0.5, 0.6) is 5.75 Å². The minimum Gasteiger partial charge on any atom is -0.468 e. The molecule has 0 aliphatic carbocycles. The lowest BCUT2D eigenvalue weighted by atomic mass is 10.2. The van der Waals surface area contributed by atoms with Crippen molar-refractivity contribution in [2.75, 3.05) is 13.9 Å². The number of hydrogen-bond acceptors (Lipinski definition) is 3. The van der Waals surface area contributed by atoms with E-state index in [1.165, 1.54) is 6.42 Å². The van der Waals surface area contributed by atoms with Crippen molar-refractivity contribution in [3.05, 3.63) is 29.8 Å². The van der Waals surface area contributed by atoms with Gasteiger partial charge in [0.2, 0.25) is 0 Å². The lowest BCUT2D eigenvalue weighted by Gasteiger charge is -2.04. The van der Waals surface area contributed by atoms with Crippen LogP contribution in [0.2, 0.25) is 0 Å². The Hall–Kier alpha value is -1.06. The van der Waals surface area contributed by atoms with Gasteiger partial charge in [-0.05, 0) is 17.7 Å². The molecule has 1 N–H and O–H groups in total. The van der Waals surface area contributed by atoms with Crippen LogP contribution >= 0.6 is 0 Å². The zero-order chi connectivity index (χ0) is 13.5. The largest absolute Gasteiger partial charge is 0.468 e. The molecule has 0 saturated carbocycles. The Kier molecular flexibility index (Phi) is 16.1. The van der Waals surface area contributed by atoms with Gasteiger partial charge in [0.15, 0.2) is 6.79 Å². The van der Waals surface area contributed by atoms with Crippen LogP contribution in [0.4, 0.5) is 0 Å². The molecule has 0 aliphatic heterocycles. The topological polar surface area (TPSA) is 38.7 Å². The second-order valence-corrected chi connectivity index (χ2v) is 3.06. The summed E-state index contributed by atoms with van der Waals surface area (Å²) in [4.78, 5) is 0. The summed E-state index contributed by atoms with van der Waals surface area (Å²) in [6, 6.07) is 7.26. The lowest BCUT2D eigenvalue weighted by Crippen LogP contribution is -1.98. The van der Waals surface area contributed by atoms with E-state index in [1.807, 2.05) is 32.0 Å². The first-order valence-electron chi connectivity index (χ1n) is 6.10. The standard InChI is InChI=1S/C9H12O3.C3H8.C2H6/c1-11-7-12-9-4-2-3-8(5-9)6-10;1-3-2;1-2/h2-5,10H,6-7H2,1H3;3H2,1-2H3;1-2H3. The molecular formula is C14H26O3. The first-order chi connectivity index (χ1) is 8.28. The second-order valence-electron chi connectivity index (χ2n) is 3.06. The van der Waals surface area contributed by atoms with E-state index in [4.69, 9.17) is 14.6 Å². The van der Waals surface area contributed by atoms with Crippen molar-refractivity contribution in [1.29, 1.82) is 0 Å². The van der Waals surface area contributed by atoms with Crippen molar-refractivity contribution in [2.45, 2.75) is 40.7 Å². The molecule has 1 rings (SSSR count). The maximum Gasteiger partial charge on any atom is 0.188 e. The van der Waals surface area contributed by atoms with E-state index < -0.39 is 0 Å². The zero-order valence-corrected chi connectivity index (χ0v) is 11.7. The smallest absolute Gasteiger partial charge is 0.188 e. The molecule has 0 spiro atoms. The lowest BCUT2D eigenvalue weighted by molar-refractivity contribution is 0.0510. The highest BCUT2D eigenvalue weighted by Crippen LogP contribution is 2.12. The van der Waals surface area contributed by atoms with Gasteiger partial charge in [-0.25, -0.2) is 0 Å². The van der Waals surface area contributed by atoms with E-state index in [9.17, 15) is 0 Å². The van der Waals surface area contributed by atoms with E-state index in [2.05, 4.69) is 13.8 Å². The summed E-state index contributed by atoms with van der Waals surface area (Å²) in [5.41, 5.74) is 0.837. The average Bonchev–Trinajstić information content (AvgIpc) is 2.40. The number of methoxy groups -OCH3 is 1. The highest BCUT2D eigenvalue weighted by atomic mass is 16.7. The summed E-state index contributed by atoms with van der Waals surface area (Å²) in [7, 11) is 1.57. The van der Waals surface area contributed by atoms with Gasteiger partial charge in [-0.2, -0.15) is 0 Å². The molecule has 0 amide bonds. The molecule has 0 heterocycles. The minimum absolute atomic E-state index is 0.0319. The monoisotopic (exact) mass is 242 g/mol. The van der Waals surface area contributed by atoms with E-state index in [0.29, 0.717) is 5.75 Å². The first-order valence-corrected chi connectivity index (χ1v) is 6.10. The zero-order valence-electron chi connectivity index (χ0n) is 11.7. The van der Waals surface area contributed by atoms with Crippen LogP contribution in [-0.2, 0) is 11.3 Å². The molecule has 0 fully saturated rings. The van der Waals surface area contributed by atoms with Crippen LogP contribution in [0.25, 0.3) is 0 Å². The molecule has 1 aromatic rings. The number of aliphatic hydroxyl groups excluding tert-OH is 1. The molecule has 0 atom stereocenters. The van der Waals surface area contributed by atoms with Gasteiger partial charge < -0.3 is 14.6 Å². The second kappa shape index (κ2) is 14.9. The van der Waals surface area contributed by atoms with Crippen LogP contribution in [0.1, 0.15) is 39.7 Å². The molecule has 0 unspecified atom stereocenters. The molecule has 0 aliphatic rings. The first kappa shape index (κ1) is 18.3. The van der Waals surface area contributed by atoms with Gasteiger partial charge in [-0.15, -0.1) is 0 Å². The summed E-state index contributed by atoms with van der Waals surface area (Å²) in [5.74, 6) is 0.711. The Bertz CT molecular complexity index is 249. The maximum atomic E-state index is 8.80. The third-order valence-electron chi connectivity index (χ3n) is 1.42. The highest BCUT2D eigenvalue weighted by molar-refractivity contribution is 5.27. The van der Waals surface area contributed by atoms with Gasteiger partial charge in [0.25, 0.3) is 0 Å². The van der Waals surface area contributed by atoms with Crippen LogP contribution in [0.3, 0.4) is 0 Å². The Morgan fingerprint density at radius 1 is 1.18 bits per heavy atom. The van der Waals surface area contributed by atoms with Crippen LogP contribution in [0.15, 0.2) is 24.3 Å². The summed E-state index contributed by atoms with van der Waals surface area (Å²) in [5, 5.41) is 8.80. The summed E-state index contributed by atoms with van der Waals surface area (Å²) >= 11 is 0. The number of ether oxygens (including phenoxy) is 2. The van der Waals surface area contributed by atoms with E-state index in [0.717, 1.165) is 5.56 Å². The Labute approximate surface area is 105 Å². The van der Waals surface area contributed by atoms with E-state index >= 15 is 0 Å². The van der Waals surface area contributed by atoms with Gasteiger partial charge in [0.05, 0.1) is 6.61 Å². The van der Waals surface area contributed by atoms with Crippen molar-refractivity contribution in [3.8, 4) is 5.75 Å². The normalized spacial score (nSPS) is 8.35. The van der Waals surface area contributed by atoms with E-state index in [-0.39, 0.29) is 13.4 Å². The third-order valence-corrected chi connectivity index (χ3v) is 1.42. The predicted octanol–water partition coefficient (Wildman–Crippen LogP) is 3.60. The number of benzene rings is 1. The fourth-order valence-corrected chi connectivity index (χ4v) is 0.861. The van der Waals surface area contributed by atoms with Gasteiger partial charge in [0, 0.05) is 7.11 Å². The summed E-state index contributed by atoms with van der Waals surface area (Å²) < 4.78 is 9.90. The van der Waals surface area contributed by atoms with Crippen LogP contribution in [-0.4, -0.2) is 19.0 Å². The van der Waals surface area contributed by atoms with Crippen molar-refractivity contribution in [3.63, 3.8) is 0 Å². The van der Waals surface area contributed by atoms with E-state index in [1.54, 1.807) is 13.2 Å². The highest BCUT2D eigenvalue weighted by Gasteiger charge is 1.94. The molecule has 0 saturated heterocycles. The number of rotatable bonds is 4. The van der Waals surface area contributed by atoms with Gasteiger partial charge >= 0.3 is 0 Å². The molecule has 0 bridgehead atoms. The molecule has 100 valence electrons. The molecule has 3 heteroatoms. The Morgan fingerprint density at radius 3 is 2.24 bits per heavy atom. The number of hydrogen-bond donors (Lipinski definition) is 1. The molecule has 17 heavy (non-hydrogen) atoms. The Balaban J connectivity index is 0. The van der Waals surface area contributed by atoms with Gasteiger partial charge in [-0.1, -0.05) is 46.2 Å². The fraction of sp³-hybridized carbons (Fsp3) is 0.571. The number of aliphatic hydroxyl groups is 1. The van der Waals surface area contributed by atoms with Crippen LogP contribution in [0, 0.1) is 0 Å². The predicted molar refractivity (Wildman–Crippen MR) is 72.2 cm³/mol. The van der Waals surface area contributed by atoms with Crippen molar-refractivity contribution in [1.82, 2.24) is 0 Å². The van der Waals surface area contributed by atoms with Crippen molar-refractivity contribution in [2.24, 2.45) is 0 Å². The molecule has 0 radical (unpaired) electrons. The summed E-state index contributed by atoms with van der Waals surface area (Å²) in [6.07, 6.45) is 1.25. The quantitative estimate of drug-likeness (QED) is 0.820. The van der Waals surface area contributed by atoms with Crippen molar-refractivity contribution >= 4 is 0 Å². The fourth-order valence-electron chi connectivity index (χ4n) is 0.861. The Morgan fingerprint density at radius 2 is 1.76 bits per heavy atom. The minimum atomic E-state index is 0.0319. The summed E-state index contributed by atoms with van der Waals surface area (Å²) in [6.45, 7) is 8.51. The third kappa shape index (κ3) is 11.2. The van der Waals surface area contributed by atoms with Crippen molar-refractivity contribution < 1.29 is 14.6 Å². The van der Waals surface area contributed by atoms with Crippen LogP contribution < -0.4 is 4.74 Å². The van der Waals surface area contributed by atoms with Gasteiger partial charge in [0.1, 0.15) is 5.75 Å². The molecule has 3 nitrogen and oxygen atoms in total. The van der Waals surface area contributed by atoms with Gasteiger partial charge in [-0.3, -0.25) is 0 Å². The molecule has 1 aromatic carbocycles. The maximum absolute atomic E-state index is 8.80. The molecular weight excluding hydrogens is 216 g/mol. The average molecular weight is 242 g/mol. The SMILES string of the molecule is CC.CCC.COCOc1cccc(CO)c1. The molecule has 0 aromatic heterocycles.